The molecular weight excluding hydrogens is 278 g/mol. The van der Waals surface area contributed by atoms with Gasteiger partial charge in [0.1, 0.15) is 5.60 Å². The van der Waals surface area contributed by atoms with Crippen molar-refractivity contribution >= 4 is 23.7 Å². The summed E-state index contributed by atoms with van der Waals surface area (Å²) in [6.45, 7) is 7.11. The Labute approximate surface area is 125 Å². The van der Waals surface area contributed by atoms with E-state index in [1.165, 1.54) is 18.9 Å². The van der Waals surface area contributed by atoms with Crippen LogP contribution in [0.3, 0.4) is 0 Å². The van der Waals surface area contributed by atoms with Gasteiger partial charge in [0.05, 0.1) is 7.11 Å². The Morgan fingerprint density at radius 1 is 1.25 bits per heavy atom. The fourth-order valence-electron chi connectivity index (χ4n) is 1.30. The first-order valence-corrected chi connectivity index (χ1v) is 7.62. The maximum Gasteiger partial charge on any atom is 0.339 e. The highest BCUT2D eigenvalue weighted by Gasteiger charge is 2.46. The monoisotopic (exact) mass is 303 g/mol. The number of esters is 2. The van der Waals surface area contributed by atoms with Crippen molar-refractivity contribution in [3.05, 3.63) is 12.2 Å². The summed E-state index contributed by atoms with van der Waals surface area (Å²) in [5.41, 5.74) is 3.47. The summed E-state index contributed by atoms with van der Waals surface area (Å²) in [5.74, 6) is -0.629. The highest BCUT2D eigenvalue weighted by molar-refractivity contribution is 7.99. The Morgan fingerprint density at radius 3 is 2.30 bits per heavy atom. The number of nitrogens with two attached hydrogens (primary N) is 1. The van der Waals surface area contributed by atoms with Crippen LogP contribution < -0.4 is 5.73 Å². The third-order valence-electron chi connectivity index (χ3n) is 2.31. The average molecular weight is 303 g/mol. The minimum Gasteiger partial charge on any atom is -0.467 e. The normalized spacial score (nSPS) is 14.9. The van der Waals surface area contributed by atoms with E-state index < -0.39 is 23.1 Å². The zero-order valence-electron chi connectivity index (χ0n) is 12.9. The van der Waals surface area contributed by atoms with Gasteiger partial charge in [0.15, 0.2) is 0 Å². The largest absolute Gasteiger partial charge is 0.467 e. The molecule has 0 bridgehead atoms. The zero-order chi connectivity index (χ0) is 15.8. The minimum absolute atomic E-state index is 0.131. The van der Waals surface area contributed by atoms with Crippen LogP contribution in [0.25, 0.3) is 0 Å². The molecule has 1 atom stereocenters. The van der Waals surface area contributed by atoms with Gasteiger partial charge in [0.25, 0.3) is 0 Å². The lowest BCUT2D eigenvalue weighted by Gasteiger charge is -2.28. The minimum atomic E-state index is -1.76. The van der Waals surface area contributed by atoms with E-state index in [9.17, 15) is 9.59 Å². The molecular formula is C14H25NO4S. The SMILES string of the molecule is C/C=C/CCSC[C@](N)(C(=O)OC)C(=O)OC(C)(C)C. The second-order valence-electron chi connectivity index (χ2n) is 5.38. The van der Waals surface area contributed by atoms with Crippen molar-refractivity contribution in [1.29, 1.82) is 0 Å². The summed E-state index contributed by atoms with van der Waals surface area (Å²) < 4.78 is 9.85. The zero-order valence-corrected chi connectivity index (χ0v) is 13.7. The summed E-state index contributed by atoms with van der Waals surface area (Å²) >= 11 is 1.42. The van der Waals surface area contributed by atoms with Gasteiger partial charge in [0, 0.05) is 5.75 Å². The van der Waals surface area contributed by atoms with E-state index in [1.807, 2.05) is 19.1 Å². The van der Waals surface area contributed by atoms with E-state index in [4.69, 9.17) is 10.5 Å². The maximum absolute atomic E-state index is 12.1. The van der Waals surface area contributed by atoms with Crippen molar-refractivity contribution in [3.63, 3.8) is 0 Å². The predicted molar refractivity (Wildman–Crippen MR) is 81.5 cm³/mol. The lowest BCUT2D eigenvalue weighted by atomic mass is 10.0. The number of ether oxygens (including phenoxy) is 2. The van der Waals surface area contributed by atoms with E-state index in [2.05, 4.69) is 4.74 Å². The van der Waals surface area contributed by atoms with E-state index in [0.717, 1.165) is 12.2 Å². The van der Waals surface area contributed by atoms with Crippen LogP contribution in [-0.2, 0) is 19.1 Å². The van der Waals surface area contributed by atoms with Crippen LogP contribution in [0.5, 0.6) is 0 Å². The summed E-state index contributed by atoms with van der Waals surface area (Å²) in [4.78, 5) is 23.9. The average Bonchev–Trinajstić information content (AvgIpc) is 2.35. The standard InChI is InChI=1S/C14H25NO4S/c1-6-7-8-9-20-10-14(15,11(16)18-5)12(17)19-13(2,3)4/h6-7H,8-10,15H2,1-5H3/b7-6+/t14-/m0/s1. The highest BCUT2D eigenvalue weighted by atomic mass is 32.2. The molecule has 0 aromatic carbocycles. The molecule has 0 radical (unpaired) electrons. The number of carbonyl (C=O) groups excluding carboxylic acids is 2. The molecule has 0 aliphatic heterocycles. The third kappa shape index (κ3) is 6.43. The van der Waals surface area contributed by atoms with Crippen molar-refractivity contribution in [2.75, 3.05) is 18.6 Å². The molecule has 0 rings (SSSR count). The number of rotatable bonds is 7. The van der Waals surface area contributed by atoms with E-state index in [0.29, 0.717) is 0 Å². The van der Waals surface area contributed by atoms with Gasteiger partial charge in [-0.1, -0.05) is 12.2 Å². The van der Waals surface area contributed by atoms with E-state index in [-0.39, 0.29) is 5.75 Å². The molecule has 0 aromatic heterocycles. The quantitative estimate of drug-likeness (QED) is 0.335. The third-order valence-corrected chi connectivity index (χ3v) is 3.49. The summed E-state index contributed by atoms with van der Waals surface area (Å²) in [7, 11) is 1.21. The smallest absolute Gasteiger partial charge is 0.339 e. The Balaban J connectivity index is 4.75. The van der Waals surface area contributed by atoms with Gasteiger partial charge in [-0.05, 0) is 39.9 Å². The molecule has 0 unspecified atom stereocenters. The summed E-state index contributed by atoms with van der Waals surface area (Å²) in [6.07, 6.45) is 4.81. The second kappa shape index (κ2) is 8.32. The van der Waals surface area contributed by atoms with Crippen LogP contribution in [0, 0.1) is 0 Å². The molecule has 0 aliphatic carbocycles. The number of carbonyl (C=O) groups is 2. The van der Waals surface area contributed by atoms with Gasteiger partial charge in [-0.25, -0.2) is 9.59 Å². The molecule has 0 saturated carbocycles. The molecule has 2 N–H and O–H groups in total. The predicted octanol–water partition coefficient (Wildman–Crippen LogP) is 1.90. The van der Waals surface area contributed by atoms with Gasteiger partial charge in [-0.2, -0.15) is 11.8 Å². The number of methoxy groups -OCH3 is 1. The Hall–Kier alpha value is -1.01. The molecule has 0 aromatic rings. The van der Waals surface area contributed by atoms with Crippen molar-refractivity contribution in [1.82, 2.24) is 0 Å². The van der Waals surface area contributed by atoms with Crippen LogP contribution in [0.15, 0.2) is 12.2 Å². The first-order valence-electron chi connectivity index (χ1n) is 6.47. The lowest BCUT2D eigenvalue weighted by molar-refractivity contribution is -0.169. The molecule has 0 fully saturated rings. The molecule has 20 heavy (non-hydrogen) atoms. The first-order chi connectivity index (χ1) is 9.17. The molecule has 0 saturated heterocycles. The van der Waals surface area contributed by atoms with Gasteiger partial charge >= 0.3 is 11.9 Å². The topological polar surface area (TPSA) is 78.6 Å². The Kier molecular flexibility index (Phi) is 7.90. The highest BCUT2D eigenvalue weighted by Crippen LogP contribution is 2.19. The summed E-state index contributed by atoms with van der Waals surface area (Å²) in [5, 5.41) is 0. The number of allylic oxidation sites excluding steroid dienone is 2. The van der Waals surface area contributed by atoms with Crippen molar-refractivity contribution < 1.29 is 19.1 Å². The van der Waals surface area contributed by atoms with E-state index >= 15 is 0 Å². The molecule has 6 heteroatoms. The molecule has 0 spiro atoms. The van der Waals surface area contributed by atoms with E-state index in [1.54, 1.807) is 20.8 Å². The fraction of sp³-hybridized carbons (Fsp3) is 0.714. The molecule has 116 valence electrons. The number of hydrogen-bond donors (Lipinski definition) is 1. The van der Waals surface area contributed by atoms with Gasteiger partial charge in [-0.15, -0.1) is 0 Å². The summed E-state index contributed by atoms with van der Waals surface area (Å²) in [6, 6.07) is 0. The Bertz CT molecular complexity index is 363. The molecule has 5 nitrogen and oxygen atoms in total. The Morgan fingerprint density at radius 2 is 1.85 bits per heavy atom. The maximum atomic E-state index is 12.1. The van der Waals surface area contributed by atoms with Crippen LogP contribution in [-0.4, -0.2) is 41.7 Å². The molecule has 0 heterocycles. The molecule has 0 amide bonds. The van der Waals surface area contributed by atoms with Crippen molar-refractivity contribution in [2.24, 2.45) is 5.73 Å². The fourth-order valence-corrected chi connectivity index (χ4v) is 2.31. The number of hydrogen-bond acceptors (Lipinski definition) is 6. The number of thioether (sulfide) groups is 1. The second-order valence-corrected chi connectivity index (χ2v) is 6.48. The van der Waals surface area contributed by atoms with Gasteiger partial charge < -0.3 is 15.2 Å². The van der Waals surface area contributed by atoms with Crippen LogP contribution in [0.2, 0.25) is 0 Å². The molecule has 0 aliphatic rings. The van der Waals surface area contributed by atoms with Crippen molar-refractivity contribution in [2.45, 2.75) is 45.3 Å². The first kappa shape index (κ1) is 19.0. The van der Waals surface area contributed by atoms with Gasteiger partial charge in [0.2, 0.25) is 5.54 Å². The lowest BCUT2D eigenvalue weighted by Crippen LogP contribution is -2.59. The van der Waals surface area contributed by atoms with Crippen LogP contribution >= 0.6 is 11.8 Å². The van der Waals surface area contributed by atoms with Gasteiger partial charge in [-0.3, -0.25) is 0 Å². The van der Waals surface area contributed by atoms with Crippen molar-refractivity contribution in [3.8, 4) is 0 Å². The van der Waals surface area contributed by atoms with Crippen LogP contribution in [0.4, 0.5) is 0 Å². The van der Waals surface area contributed by atoms with Crippen LogP contribution in [0.1, 0.15) is 34.1 Å².